The van der Waals surface area contributed by atoms with E-state index in [0.29, 0.717) is 35.9 Å². The summed E-state index contributed by atoms with van der Waals surface area (Å²) in [6, 6.07) is 13.5. The second-order valence-corrected chi connectivity index (χ2v) is 9.09. The molecular formula is C24H25N3O4S2. The van der Waals surface area contributed by atoms with E-state index in [0.717, 1.165) is 21.6 Å². The number of nitrogens with one attached hydrogen (secondary N) is 1. The average Bonchev–Trinajstić information content (AvgIpc) is 3.51. The SMILES string of the molecule is COc1cc(C(=O)N2CCS/C2=C/c2csc(NCc3ccccc3)n2)cc(OC)c1OC. The summed E-state index contributed by atoms with van der Waals surface area (Å²) in [4.78, 5) is 19.8. The highest BCUT2D eigenvalue weighted by molar-refractivity contribution is 8.03. The Kier molecular flexibility index (Phi) is 7.41. The van der Waals surface area contributed by atoms with Crippen LogP contribution in [0, 0.1) is 0 Å². The number of thiazole rings is 1. The molecule has 2 heterocycles. The van der Waals surface area contributed by atoms with E-state index in [1.165, 1.54) is 26.9 Å². The number of rotatable bonds is 8. The lowest BCUT2D eigenvalue weighted by Gasteiger charge is -2.19. The van der Waals surface area contributed by atoms with Gasteiger partial charge in [-0.25, -0.2) is 4.98 Å². The predicted octanol–water partition coefficient (Wildman–Crippen LogP) is 4.97. The van der Waals surface area contributed by atoms with Crippen molar-refractivity contribution in [1.82, 2.24) is 9.88 Å². The Balaban J connectivity index is 1.51. The third kappa shape index (κ3) is 5.26. The smallest absolute Gasteiger partial charge is 0.258 e. The quantitative estimate of drug-likeness (QED) is 0.485. The van der Waals surface area contributed by atoms with Gasteiger partial charge in [0.15, 0.2) is 16.6 Å². The van der Waals surface area contributed by atoms with Crippen molar-refractivity contribution in [3.8, 4) is 17.2 Å². The zero-order valence-electron chi connectivity index (χ0n) is 18.7. The molecule has 33 heavy (non-hydrogen) atoms. The summed E-state index contributed by atoms with van der Waals surface area (Å²) < 4.78 is 16.2. The summed E-state index contributed by atoms with van der Waals surface area (Å²) in [6.07, 6.45) is 1.96. The van der Waals surface area contributed by atoms with Gasteiger partial charge >= 0.3 is 0 Å². The monoisotopic (exact) mass is 483 g/mol. The maximum atomic E-state index is 13.3. The van der Waals surface area contributed by atoms with E-state index in [4.69, 9.17) is 14.2 Å². The molecule has 0 atom stereocenters. The third-order valence-electron chi connectivity index (χ3n) is 5.07. The molecule has 0 unspecified atom stereocenters. The molecule has 0 spiro atoms. The standard InChI is InChI=1S/C24H25N3O4S2/c1-29-19-11-17(12-20(30-2)22(19)31-3)23(28)27-9-10-32-21(27)13-18-15-33-24(26-18)25-14-16-7-5-4-6-8-16/h4-8,11-13,15H,9-10,14H2,1-3H3,(H,25,26)/b21-13+. The summed E-state index contributed by atoms with van der Waals surface area (Å²) in [6.45, 7) is 1.33. The van der Waals surface area contributed by atoms with Gasteiger partial charge in [-0.2, -0.15) is 0 Å². The lowest BCUT2D eigenvalue weighted by Crippen LogP contribution is -2.26. The molecule has 4 rings (SSSR count). The van der Waals surface area contributed by atoms with Gasteiger partial charge in [-0.15, -0.1) is 23.1 Å². The summed E-state index contributed by atoms with van der Waals surface area (Å²) in [5, 5.41) is 7.05. The van der Waals surface area contributed by atoms with E-state index in [9.17, 15) is 4.79 Å². The molecule has 2 aromatic carbocycles. The molecule has 7 nitrogen and oxygen atoms in total. The average molecular weight is 484 g/mol. The minimum absolute atomic E-state index is 0.122. The highest BCUT2D eigenvalue weighted by Gasteiger charge is 2.27. The van der Waals surface area contributed by atoms with E-state index in [2.05, 4.69) is 22.4 Å². The van der Waals surface area contributed by atoms with Crippen LogP contribution in [0.3, 0.4) is 0 Å². The number of methoxy groups -OCH3 is 3. The maximum absolute atomic E-state index is 13.3. The molecule has 0 saturated carbocycles. The van der Waals surface area contributed by atoms with Crippen LogP contribution in [-0.4, -0.2) is 49.4 Å². The van der Waals surface area contributed by atoms with Crippen molar-refractivity contribution in [2.75, 3.05) is 38.9 Å². The highest BCUT2D eigenvalue weighted by atomic mass is 32.2. The molecule has 172 valence electrons. The predicted molar refractivity (Wildman–Crippen MR) is 133 cm³/mol. The second kappa shape index (κ2) is 10.6. The Morgan fingerprint density at radius 3 is 2.52 bits per heavy atom. The van der Waals surface area contributed by atoms with E-state index >= 15 is 0 Å². The number of aromatic nitrogens is 1. The number of thioether (sulfide) groups is 1. The number of hydrogen-bond acceptors (Lipinski definition) is 8. The number of nitrogens with zero attached hydrogens (tertiary/aromatic N) is 2. The first-order valence-electron chi connectivity index (χ1n) is 10.3. The molecule has 0 aliphatic carbocycles. The van der Waals surface area contributed by atoms with Crippen LogP contribution in [0.15, 0.2) is 52.9 Å². The highest BCUT2D eigenvalue weighted by Crippen LogP contribution is 2.39. The summed E-state index contributed by atoms with van der Waals surface area (Å²) in [5.41, 5.74) is 2.49. The lowest BCUT2D eigenvalue weighted by atomic mass is 10.1. The molecule has 0 bridgehead atoms. The van der Waals surface area contributed by atoms with Gasteiger partial charge in [0.2, 0.25) is 5.75 Å². The molecule has 1 aromatic heterocycles. The minimum Gasteiger partial charge on any atom is -0.493 e. The molecular weight excluding hydrogens is 458 g/mol. The maximum Gasteiger partial charge on any atom is 0.258 e. The third-order valence-corrected chi connectivity index (χ3v) is 6.91. The van der Waals surface area contributed by atoms with Gasteiger partial charge in [0, 0.05) is 29.8 Å². The van der Waals surface area contributed by atoms with Gasteiger partial charge in [0.1, 0.15) is 0 Å². The van der Waals surface area contributed by atoms with Crippen molar-refractivity contribution in [3.05, 3.63) is 69.7 Å². The molecule has 1 aliphatic rings. The fourth-order valence-corrected chi connectivity index (χ4v) is 5.13. The van der Waals surface area contributed by atoms with Gasteiger partial charge in [0.25, 0.3) is 5.91 Å². The van der Waals surface area contributed by atoms with Crippen LogP contribution in [0.4, 0.5) is 5.13 Å². The zero-order chi connectivity index (χ0) is 23.2. The topological polar surface area (TPSA) is 72.9 Å². The van der Waals surface area contributed by atoms with Crippen LogP contribution in [0.2, 0.25) is 0 Å². The van der Waals surface area contributed by atoms with Crippen molar-refractivity contribution in [2.24, 2.45) is 0 Å². The number of ether oxygens (including phenoxy) is 3. The van der Waals surface area contributed by atoms with Crippen molar-refractivity contribution >= 4 is 40.2 Å². The van der Waals surface area contributed by atoms with Crippen molar-refractivity contribution < 1.29 is 19.0 Å². The zero-order valence-corrected chi connectivity index (χ0v) is 20.3. The van der Waals surface area contributed by atoms with Crippen LogP contribution in [0.1, 0.15) is 21.6 Å². The molecule has 1 fully saturated rings. The number of carbonyl (C=O) groups excluding carboxylic acids is 1. The number of hydrogen-bond donors (Lipinski definition) is 1. The second-order valence-electron chi connectivity index (χ2n) is 7.12. The normalized spacial score (nSPS) is 14.4. The Labute approximate surface area is 201 Å². The molecule has 3 aromatic rings. The molecule has 9 heteroatoms. The van der Waals surface area contributed by atoms with Gasteiger partial charge in [0.05, 0.1) is 32.1 Å². The first kappa shape index (κ1) is 23.0. The summed E-state index contributed by atoms with van der Waals surface area (Å²) >= 11 is 3.18. The van der Waals surface area contributed by atoms with Gasteiger partial charge in [-0.3, -0.25) is 4.79 Å². The van der Waals surface area contributed by atoms with Crippen molar-refractivity contribution in [1.29, 1.82) is 0 Å². The lowest BCUT2D eigenvalue weighted by molar-refractivity contribution is 0.0830. The van der Waals surface area contributed by atoms with Crippen LogP contribution >= 0.6 is 23.1 Å². The number of benzene rings is 2. The van der Waals surface area contributed by atoms with Crippen LogP contribution in [-0.2, 0) is 6.54 Å². The fraction of sp³-hybridized carbons (Fsp3) is 0.250. The van der Waals surface area contributed by atoms with Crippen LogP contribution in [0.5, 0.6) is 17.2 Å². The molecule has 1 aliphatic heterocycles. The Morgan fingerprint density at radius 1 is 1.12 bits per heavy atom. The van der Waals surface area contributed by atoms with E-state index in [-0.39, 0.29) is 5.91 Å². The molecule has 1 amide bonds. The van der Waals surface area contributed by atoms with Gasteiger partial charge in [-0.05, 0) is 23.8 Å². The van der Waals surface area contributed by atoms with E-state index in [1.54, 1.807) is 40.1 Å². The fourth-order valence-electron chi connectivity index (χ4n) is 3.44. The minimum atomic E-state index is -0.122. The Morgan fingerprint density at radius 2 is 1.85 bits per heavy atom. The van der Waals surface area contributed by atoms with E-state index in [1.807, 2.05) is 29.7 Å². The van der Waals surface area contributed by atoms with Gasteiger partial charge in [-0.1, -0.05) is 30.3 Å². The first-order valence-corrected chi connectivity index (χ1v) is 12.2. The molecule has 1 N–H and O–H groups in total. The van der Waals surface area contributed by atoms with Crippen LogP contribution in [0.25, 0.3) is 6.08 Å². The number of carbonyl (C=O) groups is 1. The first-order chi connectivity index (χ1) is 16.1. The summed E-state index contributed by atoms with van der Waals surface area (Å²) in [7, 11) is 4.61. The van der Waals surface area contributed by atoms with E-state index < -0.39 is 0 Å². The molecule has 0 radical (unpaired) electrons. The summed E-state index contributed by atoms with van der Waals surface area (Å²) in [5.74, 6) is 2.06. The molecule has 1 saturated heterocycles. The Bertz CT molecular complexity index is 1120. The van der Waals surface area contributed by atoms with Gasteiger partial charge < -0.3 is 24.4 Å². The van der Waals surface area contributed by atoms with Crippen LogP contribution < -0.4 is 19.5 Å². The largest absolute Gasteiger partial charge is 0.493 e. The van der Waals surface area contributed by atoms with Crippen molar-refractivity contribution in [3.63, 3.8) is 0 Å². The number of anilines is 1. The Hall–Kier alpha value is -3.17. The van der Waals surface area contributed by atoms with Crippen molar-refractivity contribution in [2.45, 2.75) is 6.54 Å². The number of amides is 1.